The van der Waals surface area contributed by atoms with Gasteiger partial charge in [-0.3, -0.25) is 0 Å². The highest BCUT2D eigenvalue weighted by Crippen LogP contribution is 2.43. The second-order valence-electron chi connectivity index (χ2n) is 4.88. The van der Waals surface area contributed by atoms with Crippen LogP contribution in [0.25, 0.3) is 0 Å². The Balaban J connectivity index is 2.04. The van der Waals surface area contributed by atoms with E-state index in [9.17, 15) is 13.9 Å². The van der Waals surface area contributed by atoms with Gasteiger partial charge in [-0.05, 0) is 65.1 Å². The average Bonchev–Trinajstić information content (AvgIpc) is 2.61. The molecule has 1 aromatic carbocycles. The van der Waals surface area contributed by atoms with Gasteiger partial charge in [-0.25, -0.2) is 8.78 Å². The number of hydrogen-bond donors (Lipinski definition) is 1. The summed E-state index contributed by atoms with van der Waals surface area (Å²) in [6.45, 7) is 0. The van der Waals surface area contributed by atoms with E-state index in [0.29, 0.717) is 12.8 Å². The van der Waals surface area contributed by atoms with Crippen molar-refractivity contribution in [3.05, 3.63) is 31.8 Å². The predicted octanol–water partition coefficient (Wildman–Crippen LogP) is 4.91. The summed E-state index contributed by atoms with van der Waals surface area (Å²) in [4.78, 5) is 0. The van der Waals surface area contributed by atoms with Crippen molar-refractivity contribution in [3.63, 3.8) is 0 Å². The Morgan fingerprint density at radius 1 is 1.50 bits per heavy atom. The molecule has 1 N–H and O–H groups in total. The molecule has 0 amide bonds. The van der Waals surface area contributed by atoms with E-state index in [4.69, 9.17) is 0 Å². The summed E-state index contributed by atoms with van der Waals surface area (Å²) in [6, 6.07) is 5.70. The molecule has 1 aliphatic carbocycles. The Bertz CT molecular complexity index is 439. The Kier molecular flexibility index (Phi) is 4.65. The maximum atomic E-state index is 13.1. The fourth-order valence-electron chi connectivity index (χ4n) is 2.46. The van der Waals surface area contributed by atoms with Gasteiger partial charge in [-0.15, -0.1) is 0 Å². The third-order valence-corrected chi connectivity index (χ3v) is 4.77. The van der Waals surface area contributed by atoms with Crippen LogP contribution >= 0.6 is 38.5 Å². The van der Waals surface area contributed by atoms with Crippen LogP contribution in [-0.2, 0) is 0 Å². The Morgan fingerprint density at radius 3 is 2.83 bits per heavy atom. The van der Waals surface area contributed by atoms with Crippen LogP contribution in [0.3, 0.4) is 0 Å². The number of aliphatic hydroxyl groups is 1. The molecule has 2 rings (SSSR count). The first-order valence-electron chi connectivity index (χ1n) is 5.88. The molecule has 0 radical (unpaired) electrons. The maximum absolute atomic E-state index is 13.1. The highest BCUT2D eigenvalue weighted by molar-refractivity contribution is 14.1. The minimum Gasteiger partial charge on any atom is -0.388 e. The average molecular weight is 431 g/mol. The first kappa shape index (κ1) is 14.7. The van der Waals surface area contributed by atoms with Gasteiger partial charge in [0.1, 0.15) is 0 Å². The zero-order chi connectivity index (χ0) is 13.3. The second kappa shape index (κ2) is 5.71. The van der Waals surface area contributed by atoms with Crippen molar-refractivity contribution in [1.29, 1.82) is 0 Å². The van der Waals surface area contributed by atoms with Crippen molar-refractivity contribution < 1.29 is 13.9 Å². The number of hydrogen-bond acceptors (Lipinski definition) is 1. The number of halogens is 4. The van der Waals surface area contributed by atoms with Crippen LogP contribution in [0.4, 0.5) is 8.78 Å². The summed E-state index contributed by atoms with van der Waals surface area (Å²) in [5.74, 6) is -2.62. The van der Waals surface area contributed by atoms with E-state index in [1.54, 1.807) is 0 Å². The molecule has 18 heavy (non-hydrogen) atoms. The Labute approximate surface area is 127 Å². The van der Waals surface area contributed by atoms with E-state index < -0.39 is 12.0 Å². The summed E-state index contributed by atoms with van der Waals surface area (Å²) < 4.78 is 28.1. The van der Waals surface area contributed by atoms with Gasteiger partial charge in [-0.2, -0.15) is 0 Å². The van der Waals surface area contributed by atoms with E-state index >= 15 is 0 Å². The van der Waals surface area contributed by atoms with Gasteiger partial charge < -0.3 is 5.11 Å². The molecule has 0 spiro atoms. The first-order chi connectivity index (χ1) is 8.37. The summed E-state index contributed by atoms with van der Waals surface area (Å²) in [6.07, 6.45) is 0.108. The van der Waals surface area contributed by atoms with Gasteiger partial charge >= 0.3 is 0 Å². The fraction of sp³-hybridized carbons (Fsp3) is 0.538. The largest absolute Gasteiger partial charge is 0.388 e. The van der Waals surface area contributed by atoms with Crippen LogP contribution in [-0.4, -0.2) is 11.0 Å². The fourth-order valence-corrected chi connectivity index (χ4v) is 3.48. The quantitative estimate of drug-likeness (QED) is 0.675. The lowest BCUT2D eigenvalue weighted by molar-refractivity contribution is 0.00253. The first-order valence-corrected chi connectivity index (χ1v) is 7.75. The van der Waals surface area contributed by atoms with Crippen LogP contribution in [0, 0.1) is 9.49 Å². The number of rotatable bonds is 3. The van der Waals surface area contributed by atoms with E-state index in [1.165, 1.54) is 0 Å². The molecule has 2 unspecified atom stereocenters. The van der Waals surface area contributed by atoms with Crippen LogP contribution in [0.5, 0.6) is 0 Å². The molecule has 1 fully saturated rings. The zero-order valence-corrected chi connectivity index (χ0v) is 13.4. The number of aliphatic hydroxyl groups excluding tert-OH is 1. The zero-order valence-electron chi connectivity index (χ0n) is 9.67. The van der Waals surface area contributed by atoms with Crippen LogP contribution in [0.15, 0.2) is 22.7 Å². The minimum absolute atomic E-state index is 0.0438. The molecule has 1 aliphatic rings. The molecule has 5 heteroatoms. The molecule has 0 heterocycles. The van der Waals surface area contributed by atoms with Crippen LogP contribution < -0.4 is 0 Å². The molecular weight excluding hydrogens is 417 g/mol. The van der Waals surface area contributed by atoms with Gasteiger partial charge in [0.05, 0.1) is 6.10 Å². The third-order valence-electron chi connectivity index (χ3n) is 3.38. The SMILES string of the molecule is OC(CC1CCC(F)(F)C1)c1cc(I)ccc1Br. The highest BCUT2D eigenvalue weighted by Gasteiger charge is 2.40. The third kappa shape index (κ3) is 3.63. The molecule has 0 saturated heterocycles. The number of alkyl halides is 2. The smallest absolute Gasteiger partial charge is 0.248 e. The van der Waals surface area contributed by atoms with Gasteiger partial charge in [0.25, 0.3) is 0 Å². The standard InChI is InChI=1S/C13H14BrF2IO/c14-11-2-1-9(17)6-10(11)12(18)5-8-3-4-13(15,16)7-8/h1-2,6,8,12,18H,3-5,7H2. The molecule has 0 bridgehead atoms. The summed E-state index contributed by atoms with van der Waals surface area (Å²) in [7, 11) is 0. The summed E-state index contributed by atoms with van der Waals surface area (Å²) >= 11 is 5.56. The Morgan fingerprint density at radius 2 is 2.22 bits per heavy atom. The van der Waals surface area contributed by atoms with Gasteiger partial charge in [-0.1, -0.05) is 15.9 Å². The predicted molar refractivity (Wildman–Crippen MR) is 78.7 cm³/mol. The second-order valence-corrected chi connectivity index (χ2v) is 6.98. The monoisotopic (exact) mass is 430 g/mol. The van der Waals surface area contributed by atoms with Crippen LogP contribution in [0.2, 0.25) is 0 Å². The molecular formula is C13H14BrF2IO. The number of benzene rings is 1. The van der Waals surface area contributed by atoms with Crippen LogP contribution in [0.1, 0.15) is 37.4 Å². The van der Waals surface area contributed by atoms with E-state index in [1.807, 2.05) is 18.2 Å². The van der Waals surface area contributed by atoms with E-state index in [0.717, 1.165) is 13.6 Å². The molecule has 1 aromatic rings. The van der Waals surface area contributed by atoms with Gasteiger partial charge in [0, 0.05) is 20.9 Å². The highest BCUT2D eigenvalue weighted by atomic mass is 127. The lowest BCUT2D eigenvalue weighted by atomic mass is 9.95. The van der Waals surface area contributed by atoms with Gasteiger partial charge in [0.2, 0.25) is 5.92 Å². The minimum atomic E-state index is -2.53. The normalized spacial score (nSPS) is 24.2. The molecule has 100 valence electrons. The van der Waals surface area contributed by atoms with E-state index in [2.05, 4.69) is 38.5 Å². The summed E-state index contributed by atoms with van der Waals surface area (Å²) in [5.41, 5.74) is 0.789. The van der Waals surface area contributed by atoms with Crippen molar-refractivity contribution in [2.75, 3.05) is 0 Å². The molecule has 1 saturated carbocycles. The van der Waals surface area contributed by atoms with E-state index in [-0.39, 0.29) is 18.8 Å². The van der Waals surface area contributed by atoms with Crippen molar-refractivity contribution in [2.24, 2.45) is 5.92 Å². The van der Waals surface area contributed by atoms with Crippen molar-refractivity contribution in [3.8, 4) is 0 Å². The molecule has 0 aromatic heterocycles. The maximum Gasteiger partial charge on any atom is 0.248 e. The lowest BCUT2D eigenvalue weighted by Crippen LogP contribution is -2.11. The summed E-state index contributed by atoms with van der Waals surface area (Å²) in [5, 5.41) is 10.2. The van der Waals surface area contributed by atoms with Crippen molar-refractivity contribution >= 4 is 38.5 Å². The Hall–Kier alpha value is 0.250. The van der Waals surface area contributed by atoms with Crippen molar-refractivity contribution in [1.82, 2.24) is 0 Å². The van der Waals surface area contributed by atoms with Crippen molar-refractivity contribution in [2.45, 2.75) is 37.7 Å². The molecule has 0 aliphatic heterocycles. The molecule has 2 atom stereocenters. The van der Waals surface area contributed by atoms with Gasteiger partial charge in [0.15, 0.2) is 0 Å². The molecule has 1 nitrogen and oxygen atoms in total. The topological polar surface area (TPSA) is 20.2 Å². The lowest BCUT2D eigenvalue weighted by Gasteiger charge is -2.17.